The molecule has 1 aliphatic heterocycles. The highest BCUT2D eigenvalue weighted by Crippen LogP contribution is 2.34. The fourth-order valence-electron chi connectivity index (χ4n) is 2.86. The Morgan fingerprint density at radius 3 is 2.57 bits per heavy atom. The molecule has 1 heterocycles. The molecule has 1 fully saturated rings. The summed E-state index contributed by atoms with van der Waals surface area (Å²) in [5.74, 6) is -0.979. The number of likely N-dealkylation sites (tertiary alicyclic amines) is 1. The van der Waals surface area contributed by atoms with Gasteiger partial charge in [0.25, 0.3) is 0 Å². The molecule has 1 aromatic rings. The minimum Gasteiger partial charge on any atom is -0.481 e. The first kappa shape index (κ1) is 15.5. The molecular weight excluding hydrogens is 268 g/mol. The number of carboxylic acid groups (broad SMARTS) is 1. The first-order valence-corrected chi connectivity index (χ1v) is 7.30. The third-order valence-corrected chi connectivity index (χ3v) is 4.41. The lowest BCUT2D eigenvalue weighted by molar-refractivity contribution is -0.148. The molecule has 1 saturated heterocycles. The van der Waals surface area contributed by atoms with Crippen molar-refractivity contribution in [3.63, 3.8) is 0 Å². The summed E-state index contributed by atoms with van der Waals surface area (Å²) in [5, 5.41) is 9.37. The van der Waals surface area contributed by atoms with E-state index in [0.29, 0.717) is 25.8 Å². The zero-order chi connectivity index (χ0) is 15.5. The number of carboxylic acids is 1. The van der Waals surface area contributed by atoms with Gasteiger partial charge in [-0.2, -0.15) is 0 Å². The molecule has 0 aromatic heterocycles. The first-order chi connectivity index (χ1) is 9.98. The van der Waals surface area contributed by atoms with Crippen molar-refractivity contribution in [1.29, 1.82) is 0 Å². The van der Waals surface area contributed by atoms with Gasteiger partial charge >= 0.3 is 5.97 Å². The first-order valence-electron chi connectivity index (χ1n) is 7.30. The van der Waals surface area contributed by atoms with Gasteiger partial charge in [-0.3, -0.25) is 9.59 Å². The van der Waals surface area contributed by atoms with Crippen LogP contribution in [-0.2, 0) is 16.0 Å². The molecule has 1 aromatic carbocycles. The standard InChI is InChI=1S/C16H22N2O3/c1-2-16(15(20)21)8-9-18(11-16)14(19)13(17)10-12-6-4-3-5-7-12/h3-7,13H,2,8-11,17H2,1H3,(H,20,21)/t13-,16?/m1/s1. The number of hydrogen-bond donors (Lipinski definition) is 2. The molecule has 0 spiro atoms. The maximum Gasteiger partial charge on any atom is 0.311 e. The summed E-state index contributed by atoms with van der Waals surface area (Å²) in [6, 6.07) is 8.99. The normalized spacial score (nSPS) is 23.0. The predicted molar refractivity (Wildman–Crippen MR) is 79.7 cm³/mol. The molecule has 1 amide bonds. The topological polar surface area (TPSA) is 83.6 Å². The van der Waals surface area contributed by atoms with Crippen molar-refractivity contribution >= 4 is 11.9 Å². The summed E-state index contributed by atoms with van der Waals surface area (Å²) in [4.78, 5) is 25.4. The number of carbonyl (C=O) groups is 2. The second-order valence-corrected chi connectivity index (χ2v) is 5.75. The van der Waals surface area contributed by atoms with Crippen molar-refractivity contribution in [2.45, 2.75) is 32.2 Å². The summed E-state index contributed by atoms with van der Waals surface area (Å²) in [6.07, 6.45) is 1.50. The van der Waals surface area contributed by atoms with Crippen molar-refractivity contribution in [1.82, 2.24) is 4.90 Å². The Kier molecular flexibility index (Phi) is 4.63. The Labute approximate surface area is 124 Å². The number of amides is 1. The molecule has 0 bridgehead atoms. The maximum atomic E-state index is 12.4. The summed E-state index contributed by atoms with van der Waals surface area (Å²) >= 11 is 0. The summed E-state index contributed by atoms with van der Waals surface area (Å²) in [5.41, 5.74) is 6.20. The highest BCUT2D eigenvalue weighted by molar-refractivity contribution is 5.84. The third kappa shape index (κ3) is 3.24. The highest BCUT2D eigenvalue weighted by Gasteiger charge is 2.45. The van der Waals surface area contributed by atoms with E-state index in [4.69, 9.17) is 5.73 Å². The van der Waals surface area contributed by atoms with Gasteiger partial charge in [0.2, 0.25) is 5.91 Å². The average Bonchev–Trinajstić information content (AvgIpc) is 2.93. The SMILES string of the molecule is CCC1(C(=O)O)CCN(C(=O)[C@H](N)Cc2ccccc2)C1. The number of rotatable bonds is 5. The quantitative estimate of drug-likeness (QED) is 0.855. The van der Waals surface area contributed by atoms with Crippen LogP contribution < -0.4 is 5.73 Å². The van der Waals surface area contributed by atoms with Crippen LogP contribution in [0.1, 0.15) is 25.3 Å². The summed E-state index contributed by atoms with van der Waals surface area (Å²) in [7, 11) is 0. The molecule has 0 radical (unpaired) electrons. The van der Waals surface area contributed by atoms with Crippen LogP contribution in [0.5, 0.6) is 0 Å². The molecule has 1 aliphatic rings. The average molecular weight is 290 g/mol. The molecule has 0 aliphatic carbocycles. The molecular formula is C16H22N2O3. The number of benzene rings is 1. The zero-order valence-corrected chi connectivity index (χ0v) is 12.3. The van der Waals surface area contributed by atoms with Crippen LogP contribution in [0.2, 0.25) is 0 Å². The van der Waals surface area contributed by atoms with Crippen LogP contribution in [0.3, 0.4) is 0 Å². The van der Waals surface area contributed by atoms with Gasteiger partial charge in [0.05, 0.1) is 11.5 Å². The van der Waals surface area contributed by atoms with E-state index in [-0.39, 0.29) is 12.5 Å². The van der Waals surface area contributed by atoms with E-state index < -0.39 is 17.4 Å². The predicted octanol–water partition coefficient (Wildman–Crippen LogP) is 1.27. The fraction of sp³-hybridized carbons (Fsp3) is 0.500. The van der Waals surface area contributed by atoms with Gasteiger partial charge in [0, 0.05) is 13.1 Å². The van der Waals surface area contributed by atoms with Crippen molar-refractivity contribution in [2.75, 3.05) is 13.1 Å². The second kappa shape index (κ2) is 6.26. The molecule has 3 N–H and O–H groups in total. The van der Waals surface area contributed by atoms with Gasteiger partial charge < -0.3 is 15.7 Å². The largest absolute Gasteiger partial charge is 0.481 e. The third-order valence-electron chi connectivity index (χ3n) is 4.41. The lowest BCUT2D eigenvalue weighted by Gasteiger charge is -2.25. The maximum absolute atomic E-state index is 12.4. The minimum absolute atomic E-state index is 0.157. The molecule has 114 valence electrons. The minimum atomic E-state index is -0.822. The fourth-order valence-corrected chi connectivity index (χ4v) is 2.86. The van der Waals surface area contributed by atoms with Crippen molar-refractivity contribution < 1.29 is 14.7 Å². The van der Waals surface area contributed by atoms with E-state index in [1.807, 2.05) is 37.3 Å². The molecule has 2 rings (SSSR count). The van der Waals surface area contributed by atoms with Crippen LogP contribution >= 0.6 is 0 Å². The van der Waals surface area contributed by atoms with Gasteiger partial charge in [-0.05, 0) is 24.8 Å². The summed E-state index contributed by atoms with van der Waals surface area (Å²) in [6.45, 7) is 2.59. The second-order valence-electron chi connectivity index (χ2n) is 5.75. The molecule has 5 heteroatoms. The number of hydrogen-bond acceptors (Lipinski definition) is 3. The van der Waals surface area contributed by atoms with E-state index in [2.05, 4.69) is 0 Å². The van der Waals surface area contributed by atoms with Gasteiger partial charge in [-0.25, -0.2) is 0 Å². The van der Waals surface area contributed by atoms with Gasteiger partial charge in [-0.15, -0.1) is 0 Å². The molecule has 0 saturated carbocycles. The van der Waals surface area contributed by atoms with Crippen molar-refractivity contribution in [2.24, 2.45) is 11.1 Å². The van der Waals surface area contributed by atoms with E-state index in [9.17, 15) is 14.7 Å². The molecule has 21 heavy (non-hydrogen) atoms. The van der Waals surface area contributed by atoms with E-state index in [0.717, 1.165) is 5.56 Å². The number of carbonyl (C=O) groups excluding carboxylic acids is 1. The molecule has 5 nitrogen and oxygen atoms in total. The number of aliphatic carboxylic acids is 1. The van der Waals surface area contributed by atoms with Crippen molar-refractivity contribution in [3.05, 3.63) is 35.9 Å². The van der Waals surface area contributed by atoms with Crippen LogP contribution in [0.4, 0.5) is 0 Å². The monoisotopic (exact) mass is 290 g/mol. The lowest BCUT2D eigenvalue weighted by atomic mass is 9.84. The Morgan fingerprint density at radius 1 is 1.38 bits per heavy atom. The van der Waals surface area contributed by atoms with E-state index in [1.54, 1.807) is 4.90 Å². The smallest absolute Gasteiger partial charge is 0.311 e. The zero-order valence-electron chi connectivity index (χ0n) is 12.3. The van der Waals surface area contributed by atoms with E-state index in [1.165, 1.54) is 0 Å². The van der Waals surface area contributed by atoms with Gasteiger partial charge in [0.1, 0.15) is 0 Å². The number of nitrogens with zero attached hydrogens (tertiary/aromatic N) is 1. The van der Waals surface area contributed by atoms with Crippen LogP contribution in [0, 0.1) is 5.41 Å². The number of nitrogens with two attached hydrogens (primary N) is 1. The van der Waals surface area contributed by atoms with Crippen LogP contribution in [0.25, 0.3) is 0 Å². The molecule has 2 atom stereocenters. The lowest BCUT2D eigenvalue weighted by Crippen LogP contribution is -2.45. The Bertz CT molecular complexity index is 518. The van der Waals surface area contributed by atoms with Crippen molar-refractivity contribution in [3.8, 4) is 0 Å². The van der Waals surface area contributed by atoms with Gasteiger partial charge in [-0.1, -0.05) is 37.3 Å². The Hall–Kier alpha value is -1.88. The Balaban J connectivity index is 1.99. The van der Waals surface area contributed by atoms with Crippen LogP contribution in [0.15, 0.2) is 30.3 Å². The highest BCUT2D eigenvalue weighted by atomic mass is 16.4. The molecule has 1 unspecified atom stereocenters. The van der Waals surface area contributed by atoms with Crippen LogP contribution in [-0.4, -0.2) is 41.0 Å². The Morgan fingerprint density at radius 2 is 2.05 bits per heavy atom. The summed E-state index contributed by atoms with van der Waals surface area (Å²) < 4.78 is 0. The van der Waals surface area contributed by atoms with Gasteiger partial charge in [0.15, 0.2) is 0 Å². The van der Waals surface area contributed by atoms with E-state index >= 15 is 0 Å².